The third-order valence-electron chi connectivity index (χ3n) is 10.9. The Kier molecular flexibility index (Phi) is 7.46. The lowest BCUT2D eigenvalue weighted by molar-refractivity contribution is 1.13. The molecule has 0 saturated carbocycles. The monoisotopic (exact) mass is 714 g/mol. The Morgan fingerprint density at radius 2 is 0.929 bits per heavy atom. The topological polar surface area (TPSA) is 35.6 Å². The van der Waals surface area contributed by atoms with Crippen molar-refractivity contribution in [2.45, 2.75) is 0 Å². The van der Waals surface area contributed by atoms with E-state index < -0.39 is 0 Å². The lowest BCUT2D eigenvalue weighted by atomic mass is 10.0. The number of nitrogens with zero attached hydrogens (tertiary/aromatic N) is 4. The maximum Gasteiger partial charge on any atom is 0.160 e. The van der Waals surface area contributed by atoms with E-state index in [9.17, 15) is 0 Å². The van der Waals surface area contributed by atoms with Gasteiger partial charge < -0.3 is 9.13 Å². The first-order chi connectivity index (χ1) is 27.8. The third kappa shape index (κ3) is 5.31. The van der Waals surface area contributed by atoms with Gasteiger partial charge in [0.2, 0.25) is 0 Å². The van der Waals surface area contributed by atoms with Crippen LogP contribution in [-0.2, 0) is 0 Å². The standard InChI is InChI=1S/C52H34N4/c1-5-15-35(16-6-1)40-31-41(52-53-45(36-17-7-2-8-18-36)34-46(54-52)37-19-9-3-10-20-37)33-43(32-40)56-47-24-14-13-23-44(47)50-48(56)28-27-38-25-26-39-29-30-55(51(39)49(38)50)42-21-11-4-12-22-42/h1-34H. The Bertz CT molecular complexity index is 3160. The van der Waals surface area contributed by atoms with Gasteiger partial charge in [-0.1, -0.05) is 146 Å². The highest BCUT2D eigenvalue weighted by atomic mass is 15.0. The summed E-state index contributed by atoms with van der Waals surface area (Å²) in [6.07, 6.45) is 2.19. The Balaban J connectivity index is 1.21. The van der Waals surface area contributed by atoms with Crippen LogP contribution in [0.3, 0.4) is 0 Å². The smallest absolute Gasteiger partial charge is 0.160 e. The molecule has 8 aromatic carbocycles. The number of rotatable bonds is 6. The summed E-state index contributed by atoms with van der Waals surface area (Å²) in [5.41, 5.74) is 12.7. The zero-order valence-electron chi connectivity index (χ0n) is 30.4. The third-order valence-corrected chi connectivity index (χ3v) is 10.9. The van der Waals surface area contributed by atoms with E-state index in [-0.39, 0.29) is 0 Å². The Labute approximate surface area is 324 Å². The number of benzene rings is 8. The van der Waals surface area contributed by atoms with E-state index in [4.69, 9.17) is 9.97 Å². The Morgan fingerprint density at radius 3 is 1.62 bits per heavy atom. The highest BCUT2D eigenvalue weighted by Crippen LogP contribution is 2.42. The number of hydrogen-bond acceptors (Lipinski definition) is 2. The molecule has 0 atom stereocenters. The molecule has 262 valence electrons. The van der Waals surface area contributed by atoms with Gasteiger partial charge in [-0.05, 0) is 71.1 Å². The minimum absolute atomic E-state index is 0.679. The average molecular weight is 715 g/mol. The first-order valence-corrected chi connectivity index (χ1v) is 19.0. The summed E-state index contributed by atoms with van der Waals surface area (Å²) in [4.78, 5) is 10.5. The van der Waals surface area contributed by atoms with E-state index >= 15 is 0 Å². The molecular formula is C52H34N4. The molecule has 0 radical (unpaired) electrons. The van der Waals surface area contributed by atoms with Crippen molar-refractivity contribution in [3.8, 4) is 56.4 Å². The summed E-state index contributed by atoms with van der Waals surface area (Å²) in [5.74, 6) is 0.679. The van der Waals surface area contributed by atoms with Gasteiger partial charge in [-0.25, -0.2) is 9.97 Å². The summed E-state index contributed by atoms with van der Waals surface area (Å²) in [5, 5.41) is 6.11. The summed E-state index contributed by atoms with van der Waals surface area (Å²) < 4.78 is 4.76. The normalized spacial score (nSPS) is 11.6. The lowest BCUT2D eigenvalue weighted by Gasteiger charge is -2.15. The van der Waals surface area contributed by atoms with Gasteiger partial charge in [-0.2, -0.15) is 0 Å². The molecule has 11 aromatic rings. The van der Waals surface area contributed by atoms with E-state index in [1.54, 1.807) is 0 Å². The molecule has 0 N–H and O–H groups in total. The van der Waals surface area contributed by atoms with E-state index in [2.05, 4.69) is 203 Å². The molecule has 0 aliphatic rings. The van der Waals surface area contributed by atoms with E-state index in [1.165, 1.54) is 32.4 Å². The second-order valence-corrected chi connectivity index (χ2v) is 14.3. The van der Waals surface area contributed by atoms with Crippen LogP contribution >= 0.6 is 0 Å². The zero-order valence-corrected chi connectivity index (χ0v) is 30.4. The fraction of sp³-hybridized carbons (Fsp3) is 0. The van der Waals surface area contributed by atoms with E-state index in [1.807, 2.05) is 12.1 Å². The molecule has 11 rings (SSSR count). The molecule has 3 aromatic heterocycles. The molecule has 0 amide bonds. The van der Waals surface area contributed by atoms with Gasteiger partial charge in [0.25, 0.3) is 0 Å². The molecule has 0 unspecified atom stereocenters. The minimum atomic E-state index is 0.679. The van der Waals surface area contributed by atoms with Crippen LogP contribution in [0.2, 0.25) is 0 Å². The number of fused-ring (bicyclic) bond motifs is 7. The van der Waals surface area contributed by atoms with Gasteiger partial charge in [-0.15, -0.1) is 0 Å². The molecule has 0 bridgehead atoms. The molecule has 0 saturated heterocycles. The van der Waals surface area contributed by atoms with Crippen LogP contribution in [0.5, 0.6) is 0 Å². The van der Waals surface area contributed by atoms with Crippen LogP contribution in [-0.4, -0.2) is 19.1 Å². The lowest BCUT2D eigenvalue weighted by Crippen LogP contribution is -1.99. The second-order valence-electron chi connectivity index (χ2n) is 14.3. The minimum Gasteiger partial charge on any atom is -0.316 e. The van der Waals surface area contributed by atoms with Crippen LogP contribution in [0.15, 0.2) is 206 Å². The maximum absolute atomic E-state index is 5.27. The predicted octanol–water partition coefficient (Wildman–Crippen LogP) is 13.3. The summed E-state index contributed by atoms with van der Waals surface area (Å²) >= 11 is 0. The van der Waals surface area contributed by atoms with Crippen molar-refractivity contribution in [3.63, 3.8) is 0 Å². The molecule has 0 aliphatic heterocycles. The van der Waals surface area contributed by atoms with Gasteiger partial charge in [0.05, 0.1) is 27.9 Å². The predicted molar refractivity (Wildman–Crippen MR) is 232 cm³/mol. The highest BCUT2D eigenvalue weighted by molar-refractivity contribution is 6.27. The molecule has 56 heavy (non-hydrogen) atoms. The summed E-state index contributed by atoms with van der Waals surface area (Å²) in [6.45, 7) is 0. The van der Waals surface area contributed by atoms with Crippen LogP contribution in [0, 0.1) is 0 Å². The molecule has 0 aliphatic carbocycles. The number of aromatic nitrogens is 4. The van der Waals surface area contributed by atoms with Crippen molar-refractivity contribution in [3.05, 3.63) is 206 Å². The van der Waals surface area contributed by atoms with Crippen molar-refractivity contribution in [1.29, 1.82) is 0 Å². The SMILES string of the molecule is c1ccc(-c2cc(-c3nc(-c4ccccc4)cc(-c4ccccc4)n3)cc(-n3c4ccccc4c4c5c(ccc6ccn(-c7ccccc7)c65)ccc43)c2)cc1. The number of hydrogen-bond donors (Lipinski definition) is 0. The molecule has 0 spiro atoms. The van der Waals surface area contributed by atoms with Crippen molar-refractivity contribution in [1.82, 2.24) is 19.1 Å². The van der Waals surface area contributed by atoms with Crippen LogP contribution in [0.25, 0.3) is 99.9 Å². The van der Waals surface area contributed by atoms with Crippen molar-refractivity contribution < 1.29 is 0 Å². The van der Waals surface area contributed by atoms with Gasteiger partial charge in [0.15, 0.2) is 5.82 Å². The van der Waals surface area contributed by atoms with Crippen LogP contribution < -0.4 is 0 Å². The molecule has 4 heteroatoms. The number of para-hydroxylation sites is 2. The van der Waals surface area contributed by atoms with Gasteiger partial charge in [-0.3, -0.25) is 0 Å². The first-order valence-electron chi connectivity index (χ1n) is 19.0. The zero-order chi connectivity index (χ0) is 37.0. The van der Waals surface area contributed by atoms with Crippen LogP contribution in [0.1, 0.15) is 0 Å². The molecule has 4 nitrogen and oxygen atoms in total. The van der Waals surface area contributed by atoms with Crippen LogP contribution in [0.4, 0.5) is 0 Å². The van der Waals surface area contributed by atoms with Gasteiger partial charge in [0.1, 0.15) is 0 Å². The molecule has 0 fully saturated rings. The molecular weight excluding hydrogens is 681 g/mol. The fourth-order valence-corrected chi connectivity index (χ4v) is 8.34. The Hall–Kier alpha value is -7.56. The quantitative estimate of drug-likeness (QED) is 0.172. The Morgan fingerprint density at radius 1 is 0.357 bits per heavy atom. The first kappa shape index (κ1) is 31.9. The summed E-state index contributed by atoms with van der Waals surface area (Å²) in [7, 11) is 0. The van der Waals surface area contributed by atoms with Gasteiger partial charge >= 0.3 is 0 Å². The van der Waals surface area contributed by atoms with Crippen molar-refractivity contribution >= 4 is 43.5 Å². The fourth-order valence-electron chi connectivity index (χ4n) is 8.34. The molecule has 3 heterocycles. The maximum atomic E-state index is 5.27. The van der Waals surface area contributed by atoms with Crippen molar-refractivity contribution in [2.24, 2.45) is 0 Å². The average Bonchev–Trinajstić information content (AvgIpc) is 3.87. The second kappa shape index (κ2) is 13.1. The van der Waals surface area contributed by atoms with E-state index in [0.717, 1.165) is 61.6 Å². The highest BCUT2D eigenvalue weighted by Gasteiger charge is 2.20. The largest absolute Gasteiger partial charge is 0.316 e. The summed E-state index contributed by atoms with van der Waals surface area (Å²) in [6, 6.07) is 71.0. The van der Waals surface area contributed by atoms with Gasteiger partial charge in [0, 0.05) is 55.8 Å². The van der Waals surface area contributed by atoms with E-state index in [0.29, 0.717) is 5.82 Å². The van der Waals surface area contributed by atoms with Crippen molar-refractivity contribution in [2.75, 3.05) is 0 Å².